The van der Waals surface area contributed by atoms with E-state index in [1.165, 1.54) is 6.92 Å². The summed E-state index contributed by atoms with van der Waals surface area (Å²) in [7, 11) is 0. The monoisotopic (exact) mass is 233 g/mol. The van der Waals surface area contributed by atoms with Crippen molar-refractivity contribution in [1.82, 2.24) is 4.98 Å². The minimum absolute atomic E-state index is 0.136. The number of rotatable bonds is 3. The number of ketones is 1. The van der Waals surface area contributed by atoms with Crippen LogP contribution in [0.15, 0.2) is 18.2 Å². The van der Waals surface area contributed by atoms with E-state index in [1.54, 1.807) is 0 Å². The number of carbonyl (C=O) groups excluding carboxylic acids is 2. The van der Waals surface area contributed by atoms with Crippen LogP contribution in [0, 0.1) is 12.3 Å². The van der Waals surface area contributed by atoms with Crippen molar-refractivity contribution < 1.29 is 14.3 Å². The molecule has 1 aromatic rings. The maximum atomic E-state index is 11.8. The average molecular weight is 233 g/mol. The molecule has 0 aromatic carbocycles. The summed E-state index contributed by atoms with van der Waals surface area (Å²) in [6.07, 6.45) is 0.791. The second-order valence-electron chi connectivity index (χ2n) is 4.47. The van der Waals surface area contributed by atoms with Gasteiger partial charge in [-0.05, 0) is 26.0 Å². The van der Waals surface area contributed by atoms with Crippen LogP contribution in [0.25, 0.3) is 0 Å². The summed E-state index contributed by atoms with van der Waals surface area (Å²) in [4.78, 5) is 27.8. The van der Waals surface area contributed by atoms with Crippen LogP contribution in [0.3, 0.4) is 0 Å². The van der Waals surface area contributed by atoms with Crippen LogP contribution in [0.2, 0.25) is 0 Å². The van der Waals surface area contributed by atoms with Crippen LogP contribution in [0.5, 0.6) is 0 Å². The molecule has 2 rings (SSSR count). The molecule has 1 saturated heterocycles. The molecule has 4 nitrogen and oxygen atoms in total. The molecule has 0 N–H and O–H groups in total. The summed E-state index contributed by atoms with van der Waals surface area (Å²) in [6.45, 7) is 3.66. The molecule has 90 valence electrons. The molecule has 0 saturated carbocycles. The lowest BCUT2D eigenvalue weighted by Gasteiger charge is -2.20. The third-order valence-corrected chi connectivity index (χ3v) is 3.26. The van der Waals surface area contributed by atoms with E-state index in [4.69, 9.17) is 4.74 Å². The molecular weight excluding hydrogens is 218 g/mol. The first-order chi connectivity index (χ1) is 8.04. The Morgan fingerprint density at radius 1 is 1.53 bits per heavy atom. The van der Waals surface area contributed by atoms with E-state index in [1.807, 2.05) is 25.1 Å². The van der Waals surface area contributed by atoms with Crippen molar-refractivity contribution in [1.29, 1.82) is 0 Å². The first-order valence-electron chi connectivity index (χ1n) is 5.65. The lowest BCUT2D eigenvalue weighted by molar-refractivity contribution is -0.150. The van der Waals surface area contributed by atoms with Gasteiger partial charge < -0.3 is 4.74 Å². The zero-order valence-corrected chi connectivity index (χ0v) is 10.0. The smallest absolute Gasteiger partial charge is 0.320 e. The highest BCUT2D eigenvalue weighted by molar-refractivity contribution is 6.03. The molecule has 0 amide bonds. The minimum atomic E-state index is -1.01. The van der Waals surface area contributed by atoms with Gasteiger partial charge in [0, 0.05) is 24.2 Å². The summed E-state index contributed by atoms with van der Waals surface area (Å²) >= 11 is 0. The van der Waals surface area contributed by atoms with Gasteiger partial charge in [0.25, 0.3) is 0 Å². The molecular formula is C13H15NO3. The number of carbonyl (C=O) groups is 2. The van der Waals surface area contributed by atoms with E-state index in [0.717, 1.165) is 11.4 Å². The third kappa shape index (κ3) is 2.07. The quantitative estimate of drug-likeness (QED) is 0.585. The van der Waals surface area contributed by atoms with Gasteiger partial charge >= 0.3 is 5.97 Å². The van der Waals surface area contributed by atoms with Crippen molar-refractivity contribution in [3.8, 4) is 0 Å². The van der Waals surface area contributed by atoms with Gasteiger partial charge in [-0.1, -0.05) is 6.07 Å². The molecule has 2 heterocycles. The van der Waals surface area contributed by atoms with Crippen LogP contribution in [-0.4, -0.2) is 23.3 Å². The fourth-order valence-corrected chi connectivity index (χ4v) is 2.17. The second kappa shape index (κ2) is 4.28. The summed E-state index contributed by atoms with van der Waals surface area (Å²) in [6, 6.07) is 5.60. The van der Waals surface area contributed by atoms with Gasteiger partial charge in [0.05, 0.1) is 6.61 Å². The molecule has 0 radical (unpaired) electrons. The van der Waals surface area contributed by atoms with Crippen molar-refractivity contribution in [3.05, 3.63) is 29.6 Å². The zero-order valence-electron chi connectivity index (χ0n) is 10.0. The number of aromatic nitrogens is 1. The second-order valence-corrected chi connectivity index (χ2v) is 4.47. The molecule has 4 heteroatoms. The molecule has 1 aliphatic rings. The lowest BCUT2D eigenvalue weighted by Crippen LogP contribution is -2.36. The van der Waals surface area contributed by atoms with Crippen LogP contribution in [0.1, 0.15) is 24.7 Å². The number of cyclic esters (lactones) is 1. The molecule has 1 atom stereocenters. The van der Waals surface area contributed by atoms with Crippen molar-refractivity contribution in [2.24, 2.45) is 5.41 Å². The molecule has 1 aromatic heterocycles. The Labute approximate surface area is 100 Å². The fraction of sp³-hybridized carbons (Fsp3) is 0.462. The van der Waals surface area contributed by atoms with E-state index < -0.39 is 11.4 Å². The minimum Gasteiger partial charge on any atom is -0.465 e. The van der Waals surface area contributed by atoms with Gasteiger partial charge in [-0.2, -0.15) is 0 Å². The summed E-state index contributed by atoms with van der Waals surface area (Å²) in [5, 5.41) is 0. The highest BCUT2D eigenvalue weighted by Gasteiger charge is 2.49. The average Bonchev–Trinajstić information content (AvgIpc) is 2.61. The number of Topliss-reactive ketones (excluding diaryl/α,β-unsaturated/α-hetero) is 1. The predicted molar refractivity (Wildman–Crippen MR) is 61.4 cm³/mol. The van der Waals surface area contributed by atoms with Crippen LogP contribution < -0.4 is 0 Å². The number of hydrogen-bond acceptors (Lipinski definition) is 4. The number of pyridine rings is 1. The molecule has 1 unspecified atom stereocenters. The number of nitrogens with zero attached hydrogens (tertiary/aromatic N) is 1. The summed E-state index contributed by atoms with van der Waals surface area (Å²) < 4.78 is 4.95. The Morgan fingerprint density at radius 2 is 2.29 bits per heavy atom. The van der Waals surface area contributed by atoms with E-state index in [2.05, 4.69) is 4.98 Å². The molecule has 0 aliphatic carbocycles. The van der Waals surface area contributed by atoms with Crippen molar-refractivity contribution in [3.63, 3.8) is 0 Å². The number of hydrogen-bond donors (Lipinski definition) is 0. The lowest BCUT2D eigenvalue weighted by atomic mass is 9.78. The normalized spacial score (nSPS) is 23.5. The number of esters is 1. The predicted octanol–water partition coefficient (Wildman–Crippen LogP) is 1.45. The Hall–Kier alpha value is -1.71. The van der Waals surface area contributed by atoms with Crippen molar-refractivity contribution in [2.45, 2.75) is 26.7 Å². The van der Waals surface area contributed by atoms with Crippen LogP contribution >= 0.6 is 0 Å². The highest BCUT2D eigenvalue weighted by Crippen LogP contribution is 2.34. The first kappa shape index (κ1) is 11.8. The molecule has 1 aliphatic heterocycles. The van der Waals surface area contributed by atoms with Gasteiger partial charge in [0.15, 0.2) is 0 Å². The van der Waals surface area contributed by atoms with Gasteiger partial charge in [0.2, 0.25) is 0 Å². The summed E-state index contributed by atoms with van der Waals surface area (Å²) in [5.41, 5.74) is 0.632. The maximum Gasteiger partial charge on any atom is 0.320 e. The highest BCUT2D eigenvalue weighted by atomic mass is 16.5. The molecule has 17 heavy (non-hydrogen) atoms. The molecule has 0 spiro atoms. The Balaban J connectivity index is 2.31. The Bertz CT molecular complexity index is 469. The third-order valence-electron chi connectivity index (χ3n) is 3.26. The topological polar surface area (TPSA) is 56.3 Å². The van der Waals surface area contributed by atoms with Gasteiger partial charge in [-0.3, -0.25) is 14.6 Å². The maximum absolute atomic E-state index is 11.8. The largest absolute Gasteiger partial charge is 0.465 e. The van der Waals surface area contributed by atoms with Gasteiger partial charge in [-0.15, -0.1) is 0 Å². The van der Waals surface area contributed by atoms with E-state index in [-0.39, 0.29) is 5.78 Å². The van der Waals surface area contributed by atoms with E-state index in [0.29, 0.717) is 19.4 Å². The Kier molecular flexibility index (Phi) is 2.96. The first-order valence-corrected chi connectivity index (χ1v) is 5.65. The van der Waals surface area contributed by atoms with Crippen molar-refractivity contribution >= 4 is 11.8 Å². The number of aryl methyl sites for hydroxylation is 1. The SMILES string of the molecule is CC(=O)C1(Cc2cccc(C)n2)CCOC1=O. The van der Waals surface area contributed by atoms with Gasteiger partial charge in [0.1, 0.15) is 11.2 Å². The van der Waals surface area contributed by atoms with Crippen LogP contribution in [0.4, 0.5) is 0 Å². The van der Waals surface area contributed by atoms with E-state index >= 15 is 0 Å². The zero-order chi connectivity index (χ0) is 12.5. The molecule has 1 fully saturated rings. The standard InChI is InChI=1S/C13H15NO3/c1-9-4-3-5-11(14-9)8-13(10(2)15)6-7-17-12(13)16/h3-5H,6-8H2,1-2H3. The van der Waals surface area contributed by atoms with Gasteiger partial charge in [-0.25, -0.2) is 0 Å². The fourth-order valence-electron chi connectivity index (χ4n) is 2.17. The van der Waals surface area contributed by atoms with Crippen LogP contribution in [-0.2, 0) is 20.7 Å². The molecule has 0 bridgehead atoms. The Morgan fingerprint density at radius 3 is 2.82 bits per heavy atom. The number of ether oxygens (including phenoxy) is 1. The van der Waals surface area contributed by atoms with E-state index in [9.17, 15) is 9.59 Å². The van der Waals surface area contributed by atoms with Crippen molar-refractivity contribution in [2.75, 3.05) is 6.61 Å². The summed E-state index contributed by atoms with van der Waals surface area (Å²) in [5.74, 6) is -0.545.